The smallest absolute Gasteiger partial charge is 0.302 e. The number of nitrogens with zero attached hydrogens (tertiary/aromatic N) is 3. The lowest BCUT2D eigenvalue weighted by Gasteiger charge is -2.44. The summed E-state index contributed by atoms with van der Waals surface area (Å²) in [5.41, 5.74) is -0.193. The molecule has 0 aliphatic carbocycles. The lowest BCUT2D eigenvalue weighted by Crippen LogP contribution is -2.47. The molecule has 28 heavy (non-hydrogen) atoms. The molecule has 1 saturated heterocycles. The highest BCUT2D eigenvalue weighted by Crippen LogP contribution is 2.45. The fourth-order valence-electron chi connectivity index (χ4n) is 3.38. The molecule has 0 saturated carbocycles. The molecule has 6 nitrogen and oxygen atoms in total. The summed E-state index contributed by atoms with van der Waals surface area (Å²) in [7, 11) is 0. The molecule has 0 radical (unpaired) electrons. The summed E-state index contributed by atoms with van der Waals surface area (Å²) in [4.78, 5) is 16.5. The molecule has 0 amide bonds. The van der Waals surface area contributed by atoms with Gasteiger partial charge >= 0.3 is 5.97 Å². The van der Waals surface area contributed by atoms with Crippen molar-refractivity contribution in [2.45, 2.75) is 43.2 Å². The van der Waals surface area contributed by atoms with E-state index in [-0.39, 0.29) is 42.0 Å². The summed E-state index contributed by atoms with van der Waals surface area (Å²) < 4.78 is 15.2. The van der Waals surface area contributed by atoms with E-state index < -0.39 is 0 Å². The first-order valence-corrected chi connectivity index (χ1v) is 11.6. The second-order valence-electron chi connectivity index (χ2n) is 6.75. The lowest BCUT2D eigenvalue weighted by atomic mass is 9.84. The van der Waals surface area contributed by atoms with Crippen LogP contribution in [0.5, 0.6) is 0 Å². The maximum absolute atomic E-state index is 11.3. The summed E-state index contributed by atoms with van der Waals surface area (Å²) in [6.07, 6.45) is 5.08. The number of aromatic nitrogens is 3. The normalized spacial score (nSPS) is 27.6. The Labute approximate surface area is 190 Å². The van der Waals surface area contributed by atoms with Crippen LogP contribution in [0.3, 0.4) is 0 Å². The Balaban J connectivity index is 1.89. The molecule has 0 N–H and O–H groups in total. The number of carbonyl (C=O) groups is 1. The van der Waals surface area contributed by atoms with E-state index in [9.17, 15) is 4.79 Å². The van der Waals surface area contributed by atoms with Gasteiger partial charge in [-0.1, -0.05) is 37.2 Å². The third-order valence-corrected chi connectivity index (χ3v) is 7.59. The topological polar surface area (TPSA) is 66.2 Å². The average molecular weight is 554 g/mol. The third kappa shape index (κ3) is 5.11. The van der Waals surface area contributed by atoms with Crippen LogP contribution in [0.4, 0.5) is 0 Å². The number of pyridine rings is 1. The van der Waals surface area contributed by atoms with E-state index in [1.807, 2.05) is 16.9 Å². The van der Waals surface area contributed by atoms with Gasteiger partial charge < -0.3 is 9.47 Å². The Morgan fingerprint density at radius 1 is 1.36 bits per heavy atom. The monoisotopic (exact) mass is 551 g/mol. The second-order valence-corrected chi connectivity index (χ2v) is 10.00. The first-order valence-electron chi connectivity index (χ1n) is 8.72. The van der Waals surface area contributed by atoms with Gasteiger partial charge in [-0.25, -0.2) is 4.98 Å². The maximum atomic E-state index is 11.3. The van der Waals surface area contributed by atoms with Gasteiger partial charge in [-0.15, -0.1) is 0 Å². The van der Waals surface area contributed by atoms with Crippen molar-refractivity contribution >= 4 is 61.2 Å². The molecule has 1 fully saturated rings. The molecule has 5 atom stereocenters. The summed E-state index contributed by atoms with van der Waals surface area (Å²) in [5, 5.41) is 5.06. The Morgan fingerprint density at radius 3 is 2.75 bits per heavy atom. The highest BCUT2D eigenvalue weighted by Gasteiger charge is 2.44. The van der Waals surface area contributed by atoms with Crippen LogP contribution in [0.15, 0.2) is 38.6 Å². The van der Waals surface area contributed by atoms with Crippen LogP contribution in [-0.2, 0) is 14.3 Å². The summed E-state index contributed by atoms with van der Waals surface area (Å²) in [5.74, 6) is -0.0935. The van der Waals surface area contributed by atoms with Crippen molar-refractivity contribution in [3.05, 3.63) is 38.8 Å². The van der Waals surface area contributed by atoms with E-state index in [4.69, 9.17) is 21.1 Å². The van der Waals surface area contributed by atoms with Gasteiger partial charge in [0.1, 0.15) is 16.6 Å². The number of carbonyl (C=O) groups excluding carboxylic acids is 1. The van der Waals surface area contributed by atoms with Crippen LogP contribution >= 0.6 is 55.2 Å². The van der Waals surface area contributed by atoms with Crippen LogP contribution in [0.1, 0.15) is 26.8 Å². The van der Waals surface area contributed by atoms with E-state index in [1.165, 1.54) is 6.92 Å². The molecular weight excluding hydrogens is 534 g/mol. The number of hydrogen-bond acceptors (Lipinski definition) is 6. The van der Waals surface area contributed by atoms with Gasteiger partial charge in [0, 0.05) is 36.0 Å². The number of halogens is 3. The van der Waals surface area contributed by atoms with Gasteiger partial charge in [0.05, 0.1) is 27.8 Å². The maximum Gasteiger partial charge on any atom is 0.302 e. The van der Waals surface area contributed by atoms with E-state index in [0.29, 0.717) is 9.63 Å². The fourth-order valence-corrected chi connectivity index (χ4v) is 5.57. The zero-order chi connectivity index (χ0) is 20.4. The van der Waals surface area contributed by atoms with Gasteiger partial charge in [-0.3, -0.25) is 9.48 Å². The molecule has 0 aromatic carbocycles. The van der Waals surface area contributed by atoms with Gasteiger partial charge in [0.15, 0.2) is 0 Å². The van der Waals surface area contributed by atoms with Crippen molar-refractivity contribution in [2.75, 3.05) is 6.61 Å². The van der Waals surface area contributed by atoms with E-state index >= 15 is 0 Å². The van der Waals surface area contributed by atoms with Crippen LogP contribution in [-0.4, -0.2) is 38.9 Å². The molecule has 0 spiro atoms. The minimum Gasteiger partial charge on any atom is -0.463 e. The van der Waals surface area contributed by atoms with Crippen LogP contribution in [0.2, 0.25) is 5.02 Å². The van der Waals surface area contributed by atoms with Crippen LogP contribution in [0.25, 0.3) is 0 Å². The number of ether oxygens (including phenoxy) is 2. The van der Waals surface area contributed by atoms with Crippen molar-refractivity contribution in [1.82, 2.24) is 14.8 Å². The van der Waals surface area contributed by atoms with Gasteiger partial charge in [0.25, 0.3) is 0 Å². The quantitative estimate of drug-likeness (QED) is 0.367. The van der Waals surface area contributed by atoms with E-state index in [1.54, 1.807) is 24.2 Å². The number of rotatable bonds is 5. The van der Waals surface area contributed by atoms with Crippen LogP contribution in [0, 0.1) is 11.8 Å². The first kappa shape index (κ1) is 22.1. The molecule has 1 aliphatic rings. The molecule has 2 aromatic rings. The summed E-state index contributed by atoms with van der Waals surface area (Å²) in [6, 6.07) is 1.93. The standard InChI is InChI=1S/C18H20Br2ClN3O3S/c1-9-14(8-26-11(3)25)27-18(28-15-4-13(21)6-22-17(15)20)10(2)16(9)24-7-12(19)5-23-24/h4-7,9-10,14,16,18H,8H2,1-3H3/t9-,10?,14?,16-,18+/m0/s1. The number of esters is 1. The number of thioether (sulfide) groups is 1. The Kier molecular flexibility index (Phi) is 7.47. The van der Waals surface area contributed by atoms with Crippen LogP contribution < -0.4 is 0 Å². The minimum atomic E-state index is -0.321. The second kappa shape index (κ2) is 9.47. The Bertz CT molecular complexity index is 853. The lowest BCUT2D eigenvalue weighted by molar-refractivity contribution is -0.156. The average Bonchev–Trinajstić information content (AvgIpc) is 3.05. The van der Waals surface area contributed by atoms with Gasteiger partial charge in [-0.05, 0) is 37.9 Å². The van der Waals surface area contributed by atoms with E-state index in [0.717, 1.165) is 9.37 Å². The molecule has 1 aliphatic heterocycles. The molecule has 0 bridgehead atoms. The SMILES string of the molecule is CC(=O)OCC1O[C@H](Sc2cc(Cl)cnc2Br)C(C)[C@@H](n2cc(Br)cn2)[C@H]1C. The van der Waals surface area contributed by atoms with Crippen molar-refractivity contribution in [3.8, 4) is 0 Å². The molecule has 2 aromatic heterocycles. The van der Waals surface area contributed by atoms with Gasteiger partial charge in [0.2, 0.25) is 0 Å². The molecule has 2 unspecified atom stereocenters. The molecular formula is C18H20Br2ClN3O3S. The molecule has 10 heteroatoms. The fraction of sp³-hybridized carbons (Fsp3) is 0.500. The van der Waals surface area contributed by atoms with Crippen molar-refractivity contribution in [2.24, 2.45) is 11.8 Å². The zero-order valence-electron chi connectivity index (χ0n) is 15.5. The third-order valence-electron chi connectivity index (χ3n) is 4.75. The molecule has 3 heterocycles. The predicted octanol–water partition coefficient (Wildman–Crippen LogP) is 5.35. The molecule has 152 valence electrons. The number of hydrogen-bond donors (Lipinski definition) is 0. The van der Waals surface area contributed by atoms with Crippen molar-refractivity contribution in [3.63, 3.8) is 0 Å². The summed E-state index contributed by atoms with van der Waals surface area (Å²) >= 11 is 14.6. The Hall–Kier alpha value is -0.610. The van der Waals surface area contributed by atoms with Crippen molar-refractivity contribution < 1.29 is 14.3 Å². The zero-order valence-corrected chi connectivity index (χ0v) is 20.3. The highest BCUT2D eigenvalue weighted by atomic mass is 79.9. The summed E-state index contributed by atoms with van der Waals surface area (Å²) in [6.45, 7) is 5.85. The first-order chi connectivity index (χ1) is 13.3. The minimum absolute atomic E-state index is 0.0732. The largest absolute Gasteiger partial charge is 0.463 e. The van der Waals surface area contributed by atoms with Crippen molar-refractivity contribution in [1.29, 1.82) is 0 Å². The predicted molar refractivity (Wildman–Crippen MR) is 115 cm³/mol. The van der Waals surface area contributed by atoms with Gasteiger partial charge in [-0.2, -0.15) is 5.10 Å². The molecule has 3 rings (SSSR count). The highest BCUT2D eigenvalue weighted by molar-refractivity contribution is 9.10. The van der Waals surface area contributed by atoms with E-state index in [2.05, 4.69) is 55.8 Å². The Morgan fingerprint density at radius 2 is 2.11 bits per heavy atom.